The van der Waals surface area contributed by atoms with Gasteiger partial charge in [0.15, 0.2) is 11.9 Å². The molecule has 4 fully saturated rings. The molecule has 2 aromatic heterocycles. The second-order valence-corrected chi connectivity index (χ2v) is 25.7. The van der Waals surface area contributed by atoms with E-state index >= 15 is 14.0 Å². The van der Waals surface area contributed by atoms with Crippen LogP contribution in [0, 0.1) is 35.5 Å². The molecule has 0 spiro atoms. The summed E-state index contributed by atoms with van der Waals surface area (Å²) in [6.07, 6.45) is 2.55. The average Bonchev–Trinajstić information content (AvgIpc) is 2.51. The van der Waals surface area contributed by atoms with E-state index in [1.165, 1.54) is 18.9 Å². The number of thioether (sulfide) groups is 1. The van der Waals surface area contributed by atoms with Crippen molar-refractivity contribution in [2.24, 2.45) is 35.5 Å². The van der Waals surface area contributed by atoms with Gasteiger partial charge in [0, 0.05) is 94.6 Å². The van der Waals surface area contributed by atoms with Gasteiger partial charge in [0.2, 0.25) is 5.95 Å². The van der Waals surface area contributed by atoms with E-state index in [0.29, 0.717) is 31.6 Å². The van der Waals surface area contributed by atoms with Gasteiger partial charge in [0.25, 0.3) is 0 Å². The molecule has 4 aliphatic heterocycles. The van der Waals surface area contributed by atoms with Crippen LogP contribution in [0.4, 0.5) is 10.3 Å². The number of anilines is 1. The first kappa shape index (κ1) is 68.0. The SMILES string of the molecule is C=C[C@@H]1C[C@@](C)(OC)[C@H](O[C@@H]2O[C@H](C)C[C@H](N(C)CCc3cn([C@H](CF)[C@H](OC)c4ccc(-c5cnc(N)nc5)cc4)nn3)[C@H]2O)[C@@H](C)C([C@H]2C[C@@](C)(OC)[C@@H](O)[C@H](C)O2)[C@@H](C)C(=O)O[C@H](CC)[C@@]2(C)OC(=O)C(NCCCSC)[C@@H]2[C@@H](C)C1=O. The summed E-state index contributed by atoms with van der Waals surface area (Å²) < 4.78 is 68.6. The number of ketones is 1. The zero-order valence-electron chi connectivity index (χ0n) is 52.2. The number of nitrogen functional groups attached to an aromatic ring is 1. The number of rotatable bonds is 22. The van der Waals surface area contributed by atoms with Gasteiger partial charge in [-0.15, -0.1) is 11.7 Å². The van der Waals surface area contributed by atoms with Gasteiger partial charge in [-0.1, -0.05) is 63.2 Å². The average molecular weight is 1210 g/mol. The smallest absolute Gasteiger partial charge is 0.324 e. The van der Waals surface area contributed by atoms with Crippen LogP contribution >= 0.6 is 11.8 Å². The standard InChI is InChI=1S/C62H95FN8O13S/c1-16-39-28-61(9,79-14)55(83-58-52(73)44(27-34(3)80-58)70(11)25-23-43-33-71(69-68-43)45(30-63)53(77-12)41-21-19-40(20-22-41)42-31-66-59(64)67-32-42)35(4)48(46-29-60(8,78-13)54(74)38(7)81-46)36(5)56(75)82-47(17-2)62(10)49(37(6)51(39)72)50(57(76)84-62)65-24-18-26-85-15/h16,19-22,31-39,44-50,52-55,58,65,73-74H,1,17-18,23-30H2,2-15H3,(H2,64,66,67)/t34-,35+,36-,37-,38+,39-,44+,45-,46-,47-,48?,49+,50?,52-,53-,54+,55-,58+,60-,61-,62-/m1/s1. The summed E-state index contributed by atoms with van der Waals surface area (Å²) in [4.78, 5) is 55.0. The van der Waals surface area contributed by atoms with Crippen LogP contribution in [0.2, 0.25) is 0 Å². The number of carbonyl (C=O) groups excluding carboxylic acids is 3. The molecule has 4 aliphatic rings. The molecule has 3 aromatic rings. The number of aliphatic hydroxyl groups excluding tert-OH is 2. The number of carbonyl (C=O) groups is 3. The van der Waals surface area contributed by atoms with Crippen LogP contribution < -0.4 is 11.1 Å². The number of benzene rings is 1. The first-order chi connectivity index (χ1) is 40.4. The molecule has 85 heavy (non-hydrogen) atoms. The van der Waals surface area contributed by atoms with E-state index in [0.717, 1.165) is 28.9 Å². The van der Waals surface area contributed by atoms with Crippen molar-refractivity contribution in [3.8, 4) is 11.1 Å². The van der Waals surface area contributed by atoms with E-state index in [1.807, 2.05) is 77.1 Å². The highest BCUT2D eigenvalue weighted by Gasteiger charge is 2.62. The quantitative estimate of drug-likeness (QED) is 0.0472. The third kappa shape index (κ3) is 14.6. The Morgan fingerprint density at radius 1 is 0.976 bits per heavy atom. The maximum Gasteiger partial charge on any atom is 0.324 e. The number of methoxy groups -OCH3 is 3. The van der Waals surface area contributed by atoms with Crippen molar-refractivity contribution in [1.29, 1.82) is 0 Å². The molecule has 23 heteroatoms. The van der Waals surface area contributed by atoms with Crippen molar-refractivity contribution in [3.63, 3.8) is 0 Å². The number of esters is 2. The van der Waals surface area contributed by atoms with Crippen LogP contribution in [0.15, 0.2) is 55.5 Å². The Morgan fingerprint density at radius 2 is 1.66 bits per heavy atom. The Bertz CT molecular complexity index is 2680. The molecule has 7 rings (SSSR count). The number of likely N-dealkylation sites (N-methyl/N-ethyl adjacent to an activating group) is 1. The lowest BCUT2D eigenvalue weighted by atomic mass is 9.66. The highest BCUT2D eigenvalue weighted by molar-refractivity contribution is 7.98. The van der Waals surface area contributed by atoms with Gasteiger partial charge in [-0.25, -0.2) is 19.0 Å². The summed E-state index contributed by atoms with van der Waals surface area (Å²) >= 11 is 1.69. The Hall–Kier alpha value is -4.53. The van der Waals surface area contributed by atoms with Crippen molar-refractivity contribution in [2.45, 2.75) is 191 Å². The van der Waals surface area contributed by atoms with Crippen molar-refractivity contribution in [2.75, 3.05) is 65.9 Å². The van der Waals surface area contributed by atoms with E-state index in [-0.39, 0.29) is 31.0 Å². The van der Waals surface area contributed by atoms with Crippen LogP contribution in [0.25, 0.3) is 11.1 Å². The van der Waals surface area contributed by atoms with Crippen LogP contribution in [0.1, 0.15) is 118 Å². The van der Waals surface area contributed by atoms with Gasteiger partial charge in [-0.2, -0.15) is 11.8 Å². The van der Waals surface area contributed by atoms with Crippen LogP contribution in [0.3, 0.4) is 0 Å². The minimum atomic E-state index is -1.42. The Balaban J connectivity index is 1.19. The van der Waals surface area contributed by atoms with Gasteiger partial charge < -0.3 is 64.1 Å². The third-order valence-electron chi connectivity index (χ3n) is 19.2. The van der Waals surface area contributed by atoms with E-state index in [4.69, 9.17) is 43.6 Å². The van der Waals surface area contributed by atoms with Crippen LogP contribution in [-0.4, -0.2) is 196 Å². The zero-order chi connectivity index (χ0) is 62.3. The van der Waals surface area contributed by atoms with Crippen LogP contribution in [-0.2, 0) is 58.7 Å². The summed E-state index contributed by atoms with van der Waals surface area (Å²) in [6.45, 7) is 20.8. The molecule has 0 aliphatic carbocycles. The number of Topliss-reactive ketones (excluding diaryl/α,β-unsaturated/α-hetero) is 1. The van der Waals surface area contributed by atoms with E-state index in [9.17, 15) is 15.0 Å². The fourth-order valence-corrected chi connectivity index (χ4v) is 14.5. The predicted octanol–water partition coefficient (Wildman–Crippen LogP) is 6.55. The third-order valence-corrected chi connectivity index (χ3v) is 19.9. The second-order valence-electron chi connectivity index (χ2n) is 24.7. The maximum atomic E-state index is 15.4. The lowest BCUT2D eigenvalue weighted by Crippen LogP contribution is -2.62. The number of aromatic nitrogens is 5. The number of fused-ring (bicyclic) bond motifs is 1. The molecule has 0 saturated carbocycles. The molecule has 6 heterocycles. The van der Waals surface area contributed by atoms with Crippen LogP contribution in [0.5, 0.6) is 0 Å². The highest BCUT2D eigenvalue weighted by Crippen LogP contribution is 2.49. The van der Waals surface area contributed by atoms with Gasteiger partial charge in [-0.05, 0) is 103 Å². The normalized spacial score (nSPS) is 36.7. The maximum absolute atomic E-state index is 15.4. The number of hydrogen-bond donors (Lipinski definition) is 4. The lowest BCUT2D eigenvalue weighted by molar-refractivity contribution is -0.305. The number of nitrogens with two attached hydrogens (primary N) is 1. The first-order valence-electron chi connectivity index (χ1n) is 30.0. The highest BCUT2D eigenvalue weighted by atomic mass is 32.2. The number of nitrogens with one attached hydrogen (secondary N) is 1. The zero-order valence-corrected chi connectivity index (χ0v) is 53.0. The first-order valence-corrected chi connectivity index (χ1v) is 31.4. The number of alkyl halides is 1. The van der Waals surface area contributed by atoms with E-state index in [2.05, 4.69) is 32.2 Å². The molecule has 474 valence electrons. The fourth-order valence-electron chi connectivity index (χ4n) is 14.1. The number of cyclic esters (lactones) is 1. The molecule has 21 atom stereocenters. The Morgan fingerprint density at radius 3 is 2.27 bits per heavy atom. The number of hydrogen-bond acceptors (Lipinski definition) is 21. The number of allylic oxidation sites excluding steroid dienone is 1. The van der Waals surface area contributed by atoms with Gasteiger partial charge in [0.1, 0.15) is 49.0 Å². The predicted molar refractivity (Wildman–Crippen MR) is 320 cm³/mol. The Kier molecular flexibility index (Phi) is 23.3. The van der Waals surface area contributed by atoms with Crippen molar-refractivity contribution in [1.82, 2.24) is 35.2 Å². The van der Waals surface area contributed by atoms with Gasteiger partial charge in [0.05, 0.1) is 47.2 Å². The molecule has 21 nitrogen and oxygen atoms in total. The monoisotopic (exact) mass is 1210 g/mol. The van der Waals surface area contributed by atoms with Gasteiger partial charge in [-0.3, -0.25) is 14.4 Å². The summed E-state index contributed by atoms with van der Waals surface area (Å²) in [5.41, 5.74) is 4.77. The number of nitrogens with zero attached hydrogens (tertiary/aromatic N) is 6. The summed E-state index contributed by atoms with van der Waals surface area (Å²) in [5, 5.41) is 36.3. The largest absolute Gasteiger partial charge is 0.458 e. The van der Waals surface area contributed by atoms with E-state index < -0.39 is 144 Å². The minimum Gasteiger partial charge on any atom is -0.458 e. The number of halogens is 1. The van der Waals surface area contributed by atoms with Gasteiger partial charge >= 0.3 is 11.9 Å². The Labute approximate surface area is 505 Å². The molecular weight excluding hydrogens is 1120 g/mol. The van der Waals surface area contributed by atoms with Crippen molar-refractivity contribution >= 4 is 35.4 Å². The molecule has 0 radical (unpaired) electrons. The number of aliphatic hydroxyl groups is 2. The summed E-state index contributed by atoms with van der Waals surface area (Å²) in [7, 11) is 6.50. The lowest BCUT2D eigenvalue weighted by Gasteiger charge is -2.52. The van der Waals surface area contributed by atoms with Crippen molar-refractivity contribution in [3.05, 3.63) is 66.8 Å². The fraction of sp³-hybridized carbons (Fsp3) is 0.726. The number of ether oxygens (including phenoxy) is 8. The van der Waals surface area contributed by atoms with E-state index in [1.54, 1.807) is 71.2 Å². The molecule has 4 saturated heterocycles. The summed E-state index contributed by atoms with van der Waals surface area (Å²) in [6, 6.07) is 5.28. The molecule has 2 unspecified atom stereocenters. The molecule has 1 aromatic carbocycles. The minimum absolute atomic E-state index is 0.0395. The second kappa shape index (κ2) is 29.2. The molecule has 0 bridgehead atoms. The molecular formula is C62H95FN8O13S. The topological polar surface area (TPSA) is 263 Å². The summed E-state index contributed by atoms with van der Waals surface area (Å²) in [5.74, 6) is -5.12. The van der Waals surface area contributed by atoms with Crippen molar-refractivity contribution < 1.29 is 66.9 Å². The molecule has 5 N–H and O–H groups in total. The molecule has 0 amide bonds.